The van der Waals surface area contributed by atoms with Crippen LogP contribution in [-0.4, -0.2) is 30.2 Å². The molecule has 0 spiro atoms. The maximum atomic E-state index is 11.6. The predicted molar refractivity (Wildman–Crippen MR) is 88.6 cm³/mol. The fraction of sp³-hybridized carbons (Fsp3) is 0.333. The van der Waals surface area contributed by atoms with Gasteiger partial charge in [-0.25, -0.2) is 0 Å². The molecule has 0 saturated carbocycles. The van der Waals surface area contributed by atoms with E-state index < -0.39 is 10.8 Å². The van der Waals surface area contributed by atoms with Gasteiger partial charge in [0.25, 0.3) is 0 Å². The quantitative estimate of drug-likeness (QED) is 0.700. The third-order valence-electron chi connectivity index (χ3n) is 4.17. The van der Waals surface area contributed by atoms with Crippen molar-refractivity contribution in [2.75, 3.05) is 11.5 Å². The van der Waals surface area contributed by atoms with E-state index in [1.165, 1.54) is 0 Å². The number of para-hydroxylation sites is 1. The fourth-order valence-corrected chi connectivity index (χ4v) is 4.77. The van der Waals surface area contributed by atoms with E-state index in [2.05, 4.69) is 20.6 Å². The largest absolute Gasteiger partial charge is 0.329 e. The van der Waals surface area contributed by atoms with Crippen molar-refractivity contribution in [3.8, 4) is 0 Å². The number of pyridine rings is 1. The Balaban J connectivity index is 1.99. The molecule has 0 unspecified atom stereocenters. The zero-order valence-corrected chi connectivity index (χ0v) is 13.0. The number of aromatic amines is 1. The van der Waals surface area contributed by atoms with E-state index in [1.54, 1.807) is 0 Å². The van der Waals surface area contributed by atoms with Gasteiger partial charge >= 0.3 is 0 Å². The summed E-state index contributed by atoms with van der Waals surface area (Å²) in [5.74, 6) is 1.53. The maximum absolute atomic E-state index is 11.6. The molecule has 0 aliphatic carbocycles. The predicted octanol–water partition coefficient (Wildman–Crippen LogP) is 3.33. The highest BCUT2D eigenvalue weighted by atomic mass is 32.2. The van der Waals surface area contributed by atoms with Gasteiger partial charge in [-0.2, -0.15) is 0 Å². The number of hydrogen-bond acceptors (Lipinski definition) is 3. The second-order valence-corrected chi connectivity index (χ2v) is 7.50. The normalized spacial score (nSPS) is 22.9. The molecule has 108 valence electrons. The monoisotopic (exact) mass is 317 g/mol. The van der Waals surface area contributed by atoms with Crippen molar-refractivity contribution in [3.05, 3.63) is 35.2 Å². The van der Waals surface area contributed by atoms with E-state index in [1.807, 2.05) is 24.4 Å². The average molecular weight is 317 g/mol. The number of imidazole rings is 1. The Morgan fingerprint density at radius 2 is 2.05 bits per heavy atom. The van der Waals surface area contributed by atoms with Gasteiger partial charge in [0.05, 0.1) is 22.7 Å². The summed E-state index contributed by atoms with van der Waals surface area (Å²) in [7, 11) is -0.660. The number of nitrogens with zero attached hydrogens (tertiary/aromatic N) is 2. The summed E-state index contributed by atoms with van der Waals surface area (Å²) in [4.78, 5) is 7.75. The third kappa shape index (κ3) is 2.13. The zero-order valence-electron chi connectivity index (χ0n) is 11.4. The Kier molecular flexibility index (Phi) is 3.15. The van der Waals surface area contributed by atoms with Crippen LogP contribution in [-0.2, 0) is 10.8 Å². The molecular weight excluding hydrogens is 302 g/mol. The summed E-state index contributed by atoms with van der Waals surface area (Å²) in [5, 5.41) is 1.12. The molecule has 21 heavy (non-hydrogen) atoms. The van der Waals surface area contributed by atoms with Gasteiger partial charge in [-0.15, -0.1) is 0 Å². The van der Waals surface area contributed by atoms with Crippen molar-refractivity contribution in [2.24, 2.45) is 0 Å². The molecule has 1 aromatic carbocycles. The van der Waals surface area contributed by atoms with Crippen LogP contribution in [0.3, 0.4) is 0 Å². The third-order valence-corrected chi connectivity index (χ3v) is 5.85. The molecule has 3 aromatic rings. The molecule has 1 aliphatic heterocycles. The molecule has 1 fully saturated rings. The first-order valence-corrected chi connectivity index (χ1v) is 8.96. The van der Waals surface area contributed by atoms with Gasteiger partial charge in [-0.05, 0) is 31.1 Å². The minimum Gasteiger partial charge on any atom is -0.329 e. The number of nitrogens with one attached hydrogen (secondary N) is 1. The average Bonchev–Trinajstić information content (AvgIpc) is 2.85. The van der Waals surface area contributed by atoms with Crippen molar-refractivity contribution in [2.45, 2.75) is 18.9 Å². The van der Waals surface area contributed by atoms with Crippen LogP contribution < -0.4 is 0 Å². The lowest BCUT2D eigenvalue weighted by Gasteiger charge is -2.23. The van der Waals surface area contributed by atoms with E-state index >= 15 is 0 Å². The van der Waals surface area contributed by atoms with Crippen LogP contribution >= 0.6 is 12.2 Å². The van der Waals surface area contributed by atoms with E-state index in [0.717, 1.165) is 51.1 Å². The molecule has 0 atom stereocenters. The van der Waals surface area contributed by atoms with Crippen LogP contribution in [0, 0.1) is 4.77 Å². The van der Waals surface area contributed by atoms with Gasteiger partial charge in [0.1, 0.15) is 0 Å². The molecular formula is C15H15N3OS2. The Bertz CT molecular complexity index is 902. The van der Waals surface area contributed by atoms with Crippen LogP contribution in [0.1, 0.15) is 18.9 Å². The SMILES string of the molecule is O=S1CCC(n2c(=S)[nH]c3cnc4ccccc4c32)CC1. The summed E-state index contributed by atoms with van der Waals surface area (Å²) >= 11 is 5.53. The molecule has 0 amide bonds. The lowest BCUT2D eigenvalue weighted by Crippen LogP contribution is -2.21. The second kappa shape index (κ2) is 5.03. The van der Waals surface area contributed by atoms with Gasteiger partial charge in [-0.3, -0.25) is 9.19 Å². The molecule has 1 saturated heterocycles. The summed E-state index contributed by atoms with van der Waals surface area (Å²) in [6.45, 7) is 0. The number of benzene rings is 1. The molecule has 1 N–H and O–H groups in total. The standard InChI is InChI=1S/C15H15N3OS2/c19-21-7-5-10(6-8-21)18-14-11-3-1-2-4-12(11)16-9-13(14)17-15(18)20/h1-4,9-10H,5-8H2,(H,17,20). The first-order chi connectivity index (χ1) is 10.2. The Morgan fingerprint density at radius 1 is 1.29 bits per heavy atom. The smallest absolute Gasteiger partial charge is 0.178 e. The van der Waals surface area contributed by atoms with Gasteiger partial charge < -0.3 is 9.55 Å². The first-order valence-electron chi connectivity index (χ1n) is 7.07. The number of hydrogen-bond donors (Lipinski definition) is 1. The van der Waals surface area contributed by atoms with Crippen molar-refractivity contribution in [1.29, 1.82) is 0 Å². The van der Waals surface area contributed by atoms with E-state index in [0.29, 0.717) is 6.04 Å². The Morgan fingerprint density at radius 3 is 2.86 bits per heavy atom. The van der Waals surface area contributed by atoms with Crippen LogP contribution in [0.2, 0.25) is 0 Å². The molecule has 2 aromatic heterocycles. The first kappa shape index (κ1) is 13.2. The highest BCUT2D eigenvalue weighted by Gasteiger charge is 2.22. The molecule has 0 bridgehead atoms. The van der Waals surface area contributed by atoms with E-state index in [9.17, 15) is 4.21 Å². The number of aromatic nitrogens is 3. The lowest BCUT2D eigenvalue weighted by atomic mass is 10.1. The van der Waals surface area contributed by atoms with E-state index in [-0.39, 0.29) is 0 Å². The van der Waals surface area contributed by atoms with Crippen molar-refractivity contribution in [3.63, 3.8) is 0 Å². The maximum Gasteiger partial charge on any atom is 0.178 e. The summed E-state index contributed by atoms with van der Waals surface area (Å²) < 4.78 is 14.5. The molecule has 4 nitrogen and oxygen atoms in total. The lowest BCUT2D eigenvalue weighted by molar-refractivity contribution is 0.469. The zero-order chi connectivity index (χ0) is 14.4. The van der Waals surface area contributed by atoms with E-state index in [4.69, 9.17) is 12.2 Å². The van der Waals surface area contributed by atoms with Crippen LogP contribution in [0.15, 0.2) is 30.5 Å². The Labute approximate surface area is 129 Å². The summed E-state index contributed by atoms with van der Waals surface area (Å²) in [5.41, 5.74) is 3.08. The molecule has 6 heteroatoms. The van der Waals surface area contributed by atoms with Crippen LogP contribution in [0.5, 0.6) is 0 Å². The van der Waals surface area contributed by atoms with Crippen LogP contribution in [0.25, 0.3) is 21.9 Å². The minimum atomic E-state index is -0.660. The second-order valence-electron chi connectivity index (χ2n) is 5.42. The van der Waals surface area contributed by atoms with Gasteiger partial charge in [0.2, 0.25) is 0 Å². The summed E-state index contributed by atoms with van der Waals surface area (Å²) in [6.07, 6.45) is 3.69. The molecule has 3 heterocycles. The molecule has 1 aliphatic rings. The fourth-order valence-electron chi connectivity index (χ4n) is 3.14. The Hall–Kier alpha value is -1.53. The highest BCUT2D eigenvalue weighted by Crippen LogP contribution is 2.30. The highest BCUT2D eigenvalue weighted by molar-refractivity contribution is 7.85. The van der Waals surface area contributed by atoms with Crippen molar-refractivity contribution < 1.29 is 4.21 Å². The van der Waals surface area contributed by atoms with Crippen molar-refractivity contribution in [1.82, 2.24) is 14.5 Å². The van der Waals surface area contributed by atoms with Crippen LogP contribution in [0.4, 0.5) is 0 Å². The number of rotatable bonds is 1. The minimum absolute atomic E-state index is 0.328. The number of H-pyrrole nitrogens is 1. The summed E-state index contributed by atoms with van der Waals surface area (Å²) in [6, 6.07) is 8.46. The van der Waals surface area contributed by atoms with Gasteiger partial charge in [0.15, 0.2) is 4.77 Å². The number of fused-ring (bicyclic) bond motifs is 3. The molecule has 4 rings (SSSR count). The molecule has 0 radical (unpaired) electrons. The topological polar surface area (TPSA) is 50.7 Å². The van der Waals surface area contributed by atoms with Gasteiger partial charge in [-0.1, -0.05) is 18.2 Å². The van der Waals surface area contributed by atoms with Crippen molar-refractivity contribution >= 4 is 45.0 Å². The van der Waals surface area contributed by atoms with Gasteiger partial charge in [0, 0.05) is 33.7 Å².